The number of likely N-dealkylation sites (N-methyl/N-ethyl adjacent to an activating group) is 1. The molecule has 1 aliphatic heterocycles. The van der Waals surface area contributed by atoms with Crippen LogP contribution in [-0.4, -0.2) is 27.7 Å². The molecule has 1 saturated heterocycles. The van der Waals surface area contributed by atoms with Crippen molar-refractivity contribution in [2.45, 2.75) is 13.8 Å². The summed E-state index contributed by atoms with van der Waals surface area (Å²) in [6.07, 6.45) is 1.78. The number of thioether (sulfide) groups is 1. The van der Waals surface area contributed by atoms with E-state index >= 15 is 0 Å². The van der Waals surface area contributed by atoms with E-state index in [1.54, 1.807) is 6.08 Å². The van der Waals surface area contributed by atoms with Gasteiger partial charge in [0.05, 0.1) is 4.91 Å². The third-order valence-electron chi connectivity index (χ3n) is 3.81. The molecule has 23 heavy (non-hydrogen) atoms. The summed E-state index contributed by atoms with van der Waals surface area (Å²) in [4.78, 5) is 25.2. The lowest BCUT2D eigenvalue weighted by Crippen LogP contribution is -2.22. The van der Waals surface area contributed by atoms with Crippen molar-refractivity contribution in [1.29, 1.82) is 0 Å². The highest BCUT2D eigenvalue weighted by atomic mass is 35.5. The topological polar surface area (TPSA) is 42.3 Å². The minimum absolute atomic E-state index is 0.245. The predicted octanol–water partition coefficient (Wildman–Crippen LogP) is 4.41. The van der Waals surface area contributed by atoms with Gasteiger partial charge < -0.3 is 4.57 Å². The van der Waals surface area contributed by atoms with E-state index in [2.05, 4.69) is 4.57 Å². The quantitative estimate of drug-likeness (QED) is 0.756. The van der Waals surface area contributed by atoms with E-state index in [1.807, 2.05) is 44.2 Å². The van der Waals surface area contributed by atoms with Gasteiger partial charge in [0.25, 0.3) is 11.1 Å². The Balaban J connectivity index is 2.06. The molecule has 0 saturated carbocycles. The van der Waals surface area contributed by atoms with Crippen LogP contribution in [0.15, 0.2) is 35.2 Å². The lowest BCUT2D eigenvalue weighted by molar-refractivity contribution is -0.121. The number of aryl methyl sites for hydroxylation is 1. The first-order chi connectivity index (χ1) is 10.9. The first kappa shape index (κ1) is 15.9. The van der Waals surface area contributed by atoms with Crippen molar-refractivity contribution in [3.05, 3.63) is 57.2 Å². The molecule has 6 heteroatoms. The van der Waals surface area contributed by atoms with E-state index in [4.69, 9.17) is 11.6 Å². The van der Waals surface area contributed by atoms with Gasteiger partial charge in [0.2, 0.25) is 0 Å². The fourth-order valence-electron chi connectivity index (χ4n) is 2.63. The van der Waals surface area contributed by atoms with Crippen LogP contribution in [-0.2, 0) is 4.79 Å². The van der Waals surface area contributed by atoms with Crippen molar-refractivity contribution in [3.63, 3.8) is 0 Å². The predicted molar refractivity (Wildman–Crippen MR) is 94.0 cm³/mol. The van der Waals surface area contributed by atoms with Crippen molar-refractivity contribution in [2.75, 3.05) is 7.05 Å². The maximum absolute atomic E-state index is 12.0. The average Bonchev–Trinajstić information content (AvgIpc) is 2.91. The first-order valence-electron chi connectivity index (χ1n) is 7.05. The lowest BCUT2D eigenvalue weighted by Gasteiger charge is -2.10. The van der Waals surface area contributed by atoms with Gasteiger partial charge in [-0.1, -0.05) is 17.7 Å². The summed E-state index contributed by atoms with van der Waals surface area (Å²) in [5.41, 5.74) is 3.91. The molecule has 4 nitrogen and oxygen atoms in total. The van der Waals surface area contributed by atoms with E-state index in [1.165, 1.54) is 7.05 Å². The van der Waals surface area contributed by atoms with Crippen molar-refractivity contribution in [1.82, 2.24) is 9.47 Å². The molecule has 0 unspecified atom stereocenters. The second kappa shape index (κ2) is 5.91. The molecule has 2 amide bonds. The third-order valence-corrected chi connectivity index (χ3v) is 5.01. The van der Waals surface area contributed by atoms with Gasteiger partial charge in [0.1, 0.15) is 0 Å². The Morgan fingerprint density at radius 3 is 2.52 bits per heavy atom. The number of hydrogen-bond donors (Lipinski definition) is 0. The fourth-order valence-corrected chi connectivity index (χ4v) is 3.64. The Bertz CT molecular complexity index is 854. The van der Waals surface area contributed by atoms with Gasteiger partial charge in [-0.3, -0.25) is 14.5 Å². The lowest BCUT2D eigenvalue weighted by atomic mass is 10.2. The van der Waals surface area contributed by atoms with Crippen LogP contribution in [0, 0.1) is 13.8 Å². The Morgan fingerprint density at radius 1 is 1.17 bits per heavy atom. The number of carbonyl (C=O) groups excluding carboxylic acids is 2. The molecule has 0 radical (unpaired) electrons. The number of nitrogens with zero attached hydrogens (tertiary/aromatic N) is 2. The van der Waals surface area contributed by atoms with E-state index in [-0.39, 0.29) is 11.1 Å². The average molecular weight is 347 g/mol. The number of carbonyl (C=O) groups is 2. The van der Waals surface area contributed by atoms with Gasteiger partial charge in [-0.2, -0.15) is 0 Å². The molecule has 1 fully saturated rings. The van der Waals surface area contributed by atoms with Crippen molar-refractivity contribution in [2.24, 2.45) is 0 Å². The van der Waals surface area contributed by atoms with Crippen LogP contribution in [0.3, 0.4) is 0 Å². The molecule has 1 aliphatic rings. The van der Waals surface area contributed by atoms with Crippen LogP contribution < -0.4 is 0 Å². The molecule has 0 bridgehead atoms. The maximum Gasteiger partial charge on any atom is 0.293 e. The Labute approximate surface area is 143 Å². The van der Waals surface area contributed by atoms with Gasteiger partial charge in [0, 0.05) is 29.1 Å². The van der Waals surface area contributed by atoms with Crippen LogP contribution in [0.2, 0.25) is 5.02 Å². The van der Waals surface area contributed by atoms with Crippen molar-refractivity contribution >= 4 is 40.6 Å². The molecular weight excluding hydrogens is 332 g/mol. The normalized spacial score (nSPS) is 16.7. The van der Waals surface area contributed by atoms with Crippen molar-refractivity contribution in [3.8, 4) is 5.69 Å². The summed E-state index contributed by atoms with van der Waals surface area (Å²) in [7, 11) is 1.49. The Hall–Kier alpha value is -1.98. The number of benzene rings is 1. The Kier molecular flexibility index (Phi) is 4.08. The highest BCUT2D eigenvalue weighted by molar-refractivity contribution is 8.18. The SMILES string of the molecule is Cc1cc(C=C2SC(=O)N(C)C2=O)c(C)n1-c1cccc(Cl)c1. The van der Waals surface area contributed by atoms with Crippen LogP contribution in [0.4, 0.5) is 4.79 Å². The van der Waals surface area contributed by atoms with Gasteiger partial charge in [-0.25, -0.2) is 0 Å². The molecule has 3 rings (SSSR count). The molecule has 1 aromatic carbocycles. The van der Waals surface area contributed by atoms with Crippen LogP contribution in [0.1, 0.15) is 17.0 Å². The number of aromatic nitrogens is 1. The van der Waals surface area contributed by atoms with Crippen LogP contribution >= 0.6 is 23.4 Å². The zero-order chi connectivity index (χ0) is 16.7. The number of amides is 2. The van der Waals surface area contributed by atoms with E-state index < -0.39 is 0 Å². The van der Waals surface area contributed by atoms with Gasteiger partial charge in [0.15, 0.2) is 0 Å². The standard InChI is InChI=1S/C17H15ClN2O2S/c1-10-7-12(8-15-16(21)19(3)17(22)23-15)11(2)20(10)14-6-4-5-13(18)9-14/h4-9H,1-3H3. The van der Waals surface area contributed by atoms with Crippen LogP contribution in [0.5, 0.6) is 0 Å². The highest BCUT2D eigenvalue weighted by Crippen LogP contribution is 2.32. The first-order valence-corrected chi connectivity index (χ1v) is 8.24. The minimum Gasteiger partial charge on any atom is -0.318 e. The summed E-state index contributed by atoms with van der Waals surface area (Å²) in [5.74, 6) is -0.257. The molecule has 2 aromatic rings. The highest BCUT2D eigenvalue weighted by Gasteiger charge is 2.32. The zero-order valence-corrected chi connectivity index (χ0v) is 14.5. The number of hydrogen-bond acceptors (Lipinski definition) is 3. The molecule has 0 N–H and O–H groups in total. The van der Waals surface area contributed by atoms with Crippen LogP contribution in [0.25, 0.3) is 11.8 Å². The summed E-state index contributed by atoms with van der Waals surface area (Å²) >= 11 is 7.05. The molecule has 0 atom stereocenters. The number of halogens is 1. The molecule has 0 spiro atoms. The smallest absolute Gasteiger partial charge is 0.293 e. The second-order valence-corrected chi connectivity index (χ2v) is 6.81. The monoisotopic (exact) mass is 346 g/mol. The fraction of sp³-hybridized carbons (Fsp3) is 0.176. The molecule has 2 heterocycles. The Morgan fingerprint density at radius 2 is 1.91 bits per heavy atom. The summed E-state index contributed by atoms with van der Waals surface area (Å²) < 4.78 is 2.08. The summed E-state index contributed by atoms with van der Waals surface area (Å²) in [6, 6.07) is 9.61. The zero-order valence-electron chi connectivity index (χ0n) is 13.0. The van der Waals surface area contributed by atoms with Crippen molar-refractivity contribution < 1.29 is 9.59 Å². The maximum atomic E-state index is 12.0. The minimum atomic E-state index is -0.257. The summed E-state index contributed by atoms with van der Waals surface area (Å²) in [6.45, 7) is 3.98. The molecule has 1 aromatic heterocycles. The summed E-state index contributed by atoms with van der Waals surface area (Å²) in [5, 5.41) is 0.425. The molecular formula is C17H15ClN2O2S. The molecule has 0 aliphatic carbocycles. The molecule has 118 valence electrons. The van der Waals surface area contributed by atoms with E-state index in [0.717, 1.165) is 39.3 Å². The number of imide groups is 1. The van der Waals surface area contributed by atoms with E-state index in [0.29, 0.717) is 9.93 Å². The second-order valence-electron chi connectivity index (χ2n) is 5.38. The van der Waals surface area contributed by atoms with Gasteiger partial charge in [-0.15, -0.1) is 0 Å². The van der Waals surface area contributed by atoms with E-state index in [9.17, 15) is 9.59 Å². The van der Waals surface area contributed by atoms with Gasteiger partial charge >= 0.3 is 0 Å². The third kappa shape index (κ3) is 2.82. The largest absolute Gasteiger partial charge is 0.318 e. The van der Waals surface area contributed by atoms with Gasteiger partial charge in [-0.05, 0) is 61.5 Å². The number of rotatable bonds is 2.